The van der Waals surface area contributed by atoms with Crippen LogP contribution in [0.1, 0.15) is 13.3 Å². The molecule has 0 aliphatic carbocycles. The first-order chi connectivity index (χ1) is 9.61. The van der Waals surface area contributed by atoms with Gasteiger partial charge in [0.05, 0.1) is 37.0 Å². The normalized spacial score (nSPS) is 16.9. The van der Waals surface area contributed by atoms with Crippen LogP contribution in [0, 0.1) is 5.92 Å². The number of hydrogen-bond acceptors (Lipinski definition) is 5. The van der Waals surface area contributed by atoms with Crippen LogP contribution in [0.15, 0.2) is 23.1 Å². The highest BCUT2D eigenvalue weighted by molar-refractivity contribution is 7.85. The monoisotopic (exact) mass is 298 g/mol. The molecule has 1 heterocycles. The van der Waals surface area contributed by atoms with Crippen LogP contribution in [0.3, 0.4) is 0 Å². The molecule has 0 amide bonds. The molecule has 2 atom stereocenters. The van der Waals surface area contributed by atoms with Crippen molar-refractivity contribution in [3.8, 4) is 11.5 Å². The third kappa shape index (κ3) is 3.50. The summed E-state index contributed by atoms with van der Waals surface area (Å²) in [5.74, 6) is 0.750. The molecular formula is C14H18O5S. The highest BCUT2D eigenvalue weighted by atomic mass is 32.2. The second kappa shape index (κ2) is 6.74. The maximum atomic E-state index is 12.3. The van der Waals surface area contributed by atoms with Crippen LogP contribution in [0.4, 0.5) is 0 Å². The second-order valence-corrected chi connectivity index (χ2v) is 6.09. The van der Waals surface area contributed by atoms with Gasteiger partial charge in [-0.05, 0) is 12.1 Å². The minimum absolute atomic E-state index is 0.228. The van der Waals surface area contributed by atoms with Gasteiger partial charge in [-0.25, -0.2) is 0 Å². The summed E-state index contributed by atoms with van der Waals surface area (Å²) in [6, 6.07) is 5.23. The minimum Gasteiger partial charge on any atom is -0.490 e. The Labute approximate surface area is 120 Å². The van der Waals surface area contributed by atoms with Crippen LogP contribution in [-0.4, -0.2) is 36.3 Å². The van der Waals surface area contributed by atoms with E-state index in [2.05, 4.69) is 4.74 Å². The SMILES string of the molecule is COC(=O)C(C)CS(=O)c1ccc2c(c1)OCCCO2. The van der Waals surface area contributed by atoms with Gasteiger partial charge in [0.2, 0.25) is 0 Å². The van der Waals surface area contributed by atoms with Gasteiger partial charge in [-0.1, -0.05) is 6.92 Å². The highest BCUT2D eigenvalue weighted by Crippen LogP contribution is 2.31. The summed E-state index contributed by atoms with van der Waals surface area (Å²) in [5.41, 5.74) is 0. The van der Waals surface area contributed by atoms with Crippen LogP contribution in [0.2, 0.25) is 0 Å². The van der Waals surface area contributed by atoms with E-state index in [1.54, 1.807) is 25.1 Å². The van der Waals surface area contributed by atoms with Crippen LogP contribution < -0.4 is 9.47 Å². The van der Waals surface area contributed by atoms with Crippen LogP contribution >= 0.6 is 0 Å². The Morgan fingerprint density at radius 2 is 2.05 bits per heavy atom. The highest BCUT2D eigenvalue weighted by Gasteiger charge is 2.19. The molecule has 2 unspecified atom stereocenters. The number of esters is 1. The molecule has 1 aliphatic rings. The lowest BCUT2D eigenvalue weighted by Crippen LogP contribution is -2.19. The molecule has 0 spiro atoms. The van der Waals surface area contributed by atoms with Gasteiger partial charge in [-0.3, -0.25) is 9.00 Å². The summed E-state index contributed by atoms with van der Waals surface area (Å²) in [4.78, 5) is 12.0. The van der Waals surface area contributed by atoms with Crippen molar-refractivity contribution < 1.29 is 23.2 Å². The summed E-state index contributed by atoms with van der Waals surface area (Å²) in [7, 11) is 0.0529. The van der Waals surface area contributed by atoms with Crippen molar-refractivity contribution in [2.75, 3.05) is 26.1 Å². The Balaban J connectivity index is 2.11. The number of carbonyl (C=O) groups is 1. The van der Waals surface area contributed by atoms with E-state index in [-0.39, 0.29) is 11.7 Å². The number of fused-ring (bicyclic) bond motifs is 1. The largest absolute Gasteiger partial charge is 0.490 e. The summed E-state index contributed by atoms with van der Waals surface area (Å²) < 4.78 is 28.0. The van der Waals surface area contributed by atoms with E-state index < -0.39 is 16.7 Å². The van der Waals surface area contributed by atoms with E-state index in [1.165, 1.54) is 7.11 Å². The Kier molecular flexibility index (Phi) is 5.00. The number of rotatable bonds is 4. The van der Waals surface area contributed by atoms with Crippen LogP contribution in [0.25, 0.3) is 0 Å². The van der Waals surface area contributed by atoms with Gasteiger partial charge in [0, 0.05) is 23.1 Å². The maximum Gasteiger partial charge on any atom is 0.309 e. The van der Waals surface area contributed by atoms with Gasteiger partial charge in [0.25, 0.3) is 0 Å². The Bertz CT molecular complexity index is 514. The molecule has 0 aromatic heterocycles. The fourth-order valence-corrected chi connectivity index (χ4v) is 3.12. The predicted molar refractivity (Wildman–Crippen MR) is 74.5 cm³/mol. The minimum atomic E-state index is -1.28. The average molecular weight is 298 g/mol. The number of benzene rings is 1. The molecule has 5 nitrogen and oxygen atoms in total. The van der Waals surface area contributed by atoms with Gasteiger partial charge in [-0.15, -0.1) is 0 Å². The zero-order chi connectivity index (χ0) is 14.5. The van der Waals surface area contributed by atoms with E-state index in [9.17, 15) is 9.00 Å². The van der Waals surface area contributed by atoms with Crippen molar-refractivity contribution in [1.29, 1.82) is 0 Å². The molecule has 0 fully saturated rings. The van der Waals surface area contributed by atoms with Crippen molar-refractivity contribution in [3.63, 3.8) is 0 Å². The van der Waals surface area contributed by atoms with Gasteiger partial charge in [0.1, 0.15) is 0 Å². The first-order valence-electron chi connectivity index (χ1n) is 6.47. The second-order valence-electron chi connectivity index (χ2n) is 4.60. The molecule has 2 rings (SSSR count). The lowest BCUT2D eigenvalue weighted by molar-refractivity contribution is -0.144. The molecule has 1 aliphatic heterocycles. The van der Waals surface area contributed by atoms with Crippen molar-refractivity contribution in [2.45, 2.75) is 18.2 Å². The van der Waals surface area contributed by atoms with Crippen LogP contribution in [0.5, 0.6) is 11.5 Å². The predicted octanol–water partition coefficient (Wildman–Crippen LogP) is 1.76. The third-order valence-corrected chi connectivity index (χ3v) is 4.57. The molecule has 1 aromatic carbocycles. The van der Waals surface area contributed by atoms with Gasteiger partial charge < -0.3 is 14.2 Å². The molecule has 0 saturated carbocycles. The molecule has 0 bridgehead atoms. The van der Waals surface area contributed by atoms with E-state index >= 15 is 0 Å². The van der Waals surface area contributed by atoms with Gasteiger partial charge in [0.15, 0.2) is 11.5 Å². The first-order valence-corrected chi connectivity index (χ1v) is 7.79. The molecule has 1 aromatic rings. The topological polar surface area (TPSA) is 61.8 Å². The zero-order valence-electron chi connectivity index (χ0n) is 11.6. The molecule has 0 N–H and O–H groups in total. The van der Waals surface area contributed by atoms with Crippen molar-refractivity contribution in [3.05, 3.63) is 18.2 Å². The van der Waals surface area contributed by atoms with Crippen molar-refractivity contribution in [2.24, 2.45) is 5.92 Å². The number of methoxy groups -OCH3 is 1. The van der Waals surface area contributed by atoms with E-state index in [0.717, 1.165) is 6.42 Å². The van der Waals surface area contributed by atoms with E-state index in [1.807, 2.05) is 0 Å². The molecule has 0 saturated heterocycles. The summed E-state index contributed by atoms with van der Waals surface area (Å²) in [5, 5.41) is 0. The summed E-state index contributed by atoms with van der Waals surface area (Å²) in [6.45, 7) is 2.91. The fourth-order valence-electron chi connectivity index (χ4n) is 1.88. The van der Waals surface area contributed by atoms with E-state index in [0.29, 0.717) is 29.6 Å². The standard InChI is InChI=1S/C14H18O5S/c1-10(14(15)17-2)9-20(16)11-4-5-12-13(8-11)19-7-3-6-18-12/h4-5,8,10H,3,6-7,9H2,1-2H3. The lowest BCUT2D eigenvalue weighted by atomic mass is 10.2. The van der Waals surface area contributed by atoms with Crippen molar-refractivity contribution in [1.82, 2.24) is 0 Å². The quantitative estimate of drug-likeness (QED) is 0.793. The Hall–Kier alpha value is -1.56. The molecular weight excluding hydrogens is 280 g/mol. The third-order valence-electron chi connectivity index (χ3n) is 2.99. The molecule has 6 heteroatoms. The average Bonchev–Trinajstić information content (AvgIpc) is 2.70. The van der Waals surface area contributed by atoms with E-state index in [4.69, 9.17) is 9.47 Å². The number of carbonyl (C=O) groups excluding carboxylic acids is 1. The van der Waals surface area contributed by atoms with Gasteiger partial charge in [-0.2, -0.15) is 0 Å². The number of hydrogen-bond donors (Lipinski definition) is 0. The first kappa shape index (κ1) is 14.8. The van der Waals surface area contributed by atoms with Crippen LogP contribution in [-0.2, 0) is 20.3 Å². The summed E-state index contributed by atoms with van der Waals surface area (Å²) >= 11 is 0. The smallest absolute Gasteiger partial charge is 0.309 e. The number of ether oxygens (including phenoxy) is 3. The molecule has 110 valence electrons. The zero-order valence-corrected chi connectivity index (χ0v) is 12.4. The van der Waals surface area contributed by atoms with Gasteiger partial charge >= 0.3 is 5.97 Å². The maximum absolute atomic E-state index is 12.3. The summed E-state index contributed by atoms with van der Waals surface area (Å²) in [6.07, 6.45) is 0.826. The molecule has 20 heavy (non-hydrogen) atoms. The molecule has 0 radical (unpaired) electrons. The lowest BCUT2D eigenvalue weighted by Gasteiger charge is -2.11. The fraction of sp³-hybridized carbons (Fsp3) is 0.500. The Morgan fingerprint density at radius 3 is 2.75 bits per heavy atom. The Morgan fingerprint density at radius 1 is 1.35 bits per heavy atom. The van der Waals surface area contributed by atoms with Crippen molar-refractivity contribution >= 4 is 16.8 Å².